The van der Waals surface area contributed by atoms with Gasteiger partial charge in [0.2, 0.25) is 0 Å². The molecular weight excluding hydrogens is 464 g/mol. The zero-order valence-corrected chi connectivity index (χ0v) is 20.6. The summed E-state index contributed by atoms with van der Waals surface area (Å²) in [5.74, 6) is 1.45. The molecule has 35 heavy (non-hydrogen) atoms. The van der Waals surface area contributed by atoms with Crippen LogP contribution in [-0.4, -0.2) is 53.8 Å². The maximum absolute atomic E-state index is 13.8. The summed E-state index contributed by atoms with van der Waals surface area (Å²) in [5, 5.41) is 4.98. The molecule has 3 aliphatic rings. The van der Waals surface area contributed by atoms with Gasteiger partial charge >= 0.3 is 0 Å². The highest BCUT2D eigenvalue weighted by Gasteiger charge is 2.33. The monoisotopic (exact) mass is 493 g/mol. The summed E-state index contributed by atoms with van der Waals surface area (Å²) in [7, 11) is 0. The van der Waals surface area contributed by atoms with Gasteiger partial charge in [0.25, 0.3) is 5.91 Å². The van der Waals surface area contributed by atoms with Crippen molar-refractivity contribution >= 4 is 34.3 Å². The first-order valence-electron chi connectivity index (χ1n) is 12.4. The lowest BCUT2D eigenvalue weighted by Crippen LogP contribution is -2.39. The fraction of sp³-hybridized carbons (Fsp3) is 0.480. The van der Waals surface area contributed by atoms with Crippen LogP contribution in [0.5, 0.6) is 0 Å². The molecule has 184 valence electrons. The predicted octanol–water partition coefficient (Wildman–Crippen LogP) is 3.70. The number of carbonyl (C=O) groups excluding carboxylic acids is 1. The average molecular weight is 494 g/mol. The van der Waals surface area contributed by atoms with Crippen molar-refractivity contribution in [3.05, 3.63) is 52.8 Å². The van der Waals surface area contributed by atoms with Crippen molar-refractivity contribution in [1.29, 1.82) is 0 Å². The van der Waals surface area contributed by atoms with Crippen LogP contribution in [0.3, 0.4) is 0 Å². The standard InChI is InChI=1S/C25H30N6O3S/c1-16-6-9-19(28-35(33)34)18(13-16)25(32)30-12-3-2-5-22(30)21-14-23-26-20(17-7-8-17)15-24(31(23)27-21)29-10-4-11-29/h6,9,13-15,17,22,28H,2-5,7-8,10-12H2,1H3,(H,33,34)/p-1/t22-/m0/s1. The molecule has 2 saturated heterocycles. The molecule has 0 spiro atoms. The molecule has 2 aromatic heterocycles. The van der Waals surface area contributed by atoms with Gasteiger partial charge in [0.15, 0.2) is 5.65 Å². The van der Waals surface area contributed by atoms with Gasteiger partial charge in [-0.05, 0) is 57.6 Å². The number of hydrogen-bond acceptors (Lipinski definition) is 6. The van der Waals surface area contributed by atoms with E-state index in [-0.39, 0.29) is 11.9 Å². The van der Waals surface area contributed by atoms with E-state index in [1.165, 1.54) is 19.3 Å². The second kappa shape index (κ2) is 8.91. The van der Waals surface area contributed by atoms with Crippen LogP contribution in [-0.2, 0) is 11.3 Å². The number of aromatic nitrogens is 3. The number of hydrogen-bond donors (Lipinski definition) is 1. The number of carbonyl (C=O) groups is 1. The molecule has 1 N–H and O–H groups in total. The van der Waals surface area contributed by atoms with E-state index in [4.69, 9.17) is 10.1 Å². The first-order valence-corrected chi connectivity index (χ1v) is 13.5. The molecule has 1 aliphatic carbocycles. The number of nitrogens with one attached hydrogen (secondary N) is 1. The lowest BCUT2D eigenvalue weighted by Gasteiger charge is -2.35. The van der Waals surface area contributed by atoms with E-state index in [9.17, 15) is 13.6 Å². The number of anilines is 2. The lowest BCUT2D eigenvalue weighted by atomic mass is 9.97. The SMILES string of the molecule is Cc1ccc(NS(=O)[O-])c(C(=O)N2CCCC[C@H]2c2cc3nc(C4CC4)cc(N4CCC4)n3n2)c1. The predicted molar refractivity (Wildman–Crippen MR) is 133 cm³/mol. The molecule has 1 unspecified atom stereocenters. The largest absolute Gasteiger partial charge is 0.755 e. The van der Waals surface area contributed by atoms with Gasteiger partial charge in [-0.25, -0.2) is 4.98 Å². The Kier molecular flexibility index (Phi) is 5.72. The van der Waals surface area contributed by atoms with Gasteiger partial charge in [0, 0.05) is 54.6 Å². The van der Waals surface area contributed by atoms with E-state index in [0.717, 1.165) is 60.8 Å². The van der Waals surface area contributed by atoms with Crippen LogP contribution in [0.15, 0.2) is 30.3 Å². The summed E-state index contributed by atoms with van der Waals surface area (Å²) < 4.78 is 27.0. The Bertz CT molecular complexity index is 1320. The van der Waals surface area contributed by atoms with Crippen LogP contribution in [0.2, 0.25) is 0 Å². The maximum Gasteiger partial charge on any atom is 0.256 e. The molecule has 1 aromatic carbocycles. The average Bonchev–Trinajstić information content (AvgIpc) is 3.57. The zero-order chi connectivity index (χ0) is 24.1. The molecule has 4 heterocycles. The number of benzene rings is 1. The van der Waals surface area contributed by atoms with Gasteiger partial charge in [-0.1, -0.05) is 11.6 Å². The Labute approximate surface area is 206 Å². The Morgan fingerprint density at radius 1 is 1.06 bits per heavy atom. The van der Waals surface area contributed by atoms with Crippen LogP contribution >= 0.6 is 0 Å². The minimum absolute atomic E-state index is 0.182. The van der Waals surface area contributed by atoms with Crippen molar-refractivity contribution in [1.82, 2.24) is 19.5 Å². The second-order valence-corrected chi connectivity index (χ2v) is 10.6. The van der Waals surface area contributed by atoms with Gasteiger partial charge in [-0.3, -0.25) is 9.00 Å². The third kappa shape index (κ3) is 4.29. The number of amides is 1. The van der Waals surface area contributed by atoms with Crippen LogP contribution in [0.25, 0.3) is 5.65 Å². The van der Waals surface area contributed by atoms with Crippen molar-refractivity contribution in [2.45, 2.75) is 57.4 Å². The Hall–Kier alpha value is -2.98. The molecule has 3 fully saturated rings. The van der Waals surface area contributed by atoms with Gasteiger partial charge in [0.1, 0.15) is 5.82 Å². The minimum atomic E-state index is -2.51. The molecular formula is C25H29N6O3S-. The summed E-state index contributed by atoms with van der Waals surface area (Å²) in [4.78, 5) is 22.9. The van der Waals surface area contributed by atoms with Crippen LogP contribution < -0.4 is 9.62 Å². The smallest absolute Gasteiger partial charge is 0.256 e. The van der Waals surface area contributed by atoms with Crippen molar-refractivity contribution in [3.63, 3.8) is 0 Å². The molecule has 0 radical (unpaired) electrons. The molecule has 2 atom stereocenters. The van der Waals surface area contributed by atoms with E-state index >= 15 is 0 Å². The summed E-state index contributed by atoms with van der Waals surface area (Å²) in [6, 6.07) is 9.23. The van der Waals surface area contributed by atoms with Gasteiger partial charge in [-0.15, -0.1) is 0 Å². The Balaban J connectivity index is 1.38. The highest BCUT2D eigenvalue weighted by atomic mass is 32.2. The third-order valence-corrected chi connectivity index (χ3v) is 7.71. The van der Waals surface area contributed by atoms with Crippen molar-refractivity contribution in [3.8, 4) is 0 Å². The normalized spacial score (nSPS) is 21.1. The van der Waals surface area contributed by atoms with Crippen molar-refractivity contribution in [2.75, 3.05) is 29.3 Å². The Morgan fingerprint density at radius 3 is 2.60 bits per heavy atom. The number of aryl methyl sites for hydroxylation is 1. The summed E-state index contributed by atoms with van der Waals surface area (Å²) in [5.41, 5.74) is 4.37. The maximum atomic E-state index is 13.8. The number of piperidine rings is 1. The van der Waals surface area contributed by atoms with Crippen molar-refractivity contribution in [2.24, 2.45) is 0 Å². The number of likely N-dealkylation sites (tertiary alicyclic amines) is 1. The first-order chi connectivity index (χ1) is 17.0. The van der Waals surface area contributed by atoms with E-state index in [1.54, 1.807) is 18.2 Å². The topological polar surface area (TPSA) is 106 Å². The van der Waals surface area contributed by atoms with Gasteiger partial charge in [-0.2, -0.15) is 9.61 Å². The number of fused-ring (bicyclic) bond motifs is 1. The number of nitrogens with zero attached hydrogens (tertiary/aromatic N) is 5. The summed E-state index contributed by atoms with van der Waals surface area (Å²) in [6.07, 6.45) is 6.28. The molecule has 1 saturated carbocycles. The molecule has 6 rings (SSSR count). The first kappa shape index (κ1) is 22.5. The van der Waals surface area contributed by atoms with E-state index in [1.807, 2.05) is 22.4 Å². The van der Waals surface area contributed by atoms with Crippen LogP contribution in [0.4, 0.5) is 11.5 Å². The van der Waals surface area contributed by atoms with Gasteiger partial charge in [0.05, 0.1) is 23.0 Å². The number of rotatable bonds is 6. The van der Waals surface area contributed by atoms with Crippen LogP contribution in [0, 0.1) is 6.92 Å². The molecule has 9 nitrogen and oxygen atoms in total. The lowest BCUT2D eigenvalue weighted by molar-refractivity contribution is 0.0606. The molecule has 0 bridgehead atoms. The highest BCUT2D eigenvalue weighted by molar-refractivity contribution is 7.80. The summed E-state index contributed by atoms with van der Waals surface area (Å²) >= 11 is -2.51. The van der Waals surface area contributed by atoms with Crippen molar-refractivity contribution < 1.29 is 13.6 Å². The summed E-state index contributed by atoms with van der Waals surface area (Å²) in [6.45, 7) is 4.54. The van der Waals surface area contributed by atoms with Gasteiger partial charge < -0.3 is 19.1 Å². The van der Waals surface area contributed by atoms with Crippen LogP contribution in [0.1, 0.15) is 77.8 Å². The van der Waals surface area contributed by atoms with E-state index < -0.39 is 11.3 Å². The molecule has 1 amide bonds. The van der Waals surface area contributed by atoms with E-state index in [2.05, 4.69) is 15.7 Å². The zero-order valence-electron chi connectivity index (χ0n) is 19.8. The minimum Gasteiger partial charge on any atom is -0.755 e. The molecule has 3 aromatic rings. The quantitative estimate of drug-likeness (QED) is 0.525. The highest BCUT2D eigenvalue weighted by Crippen LogP contribution is 2.41. The molecule has 10 heteroatoms. The fourth-order valence-corrected chi connectivity index (χ4v) is 5.53. The second-order valence-electron chi connectivity index (χ2n) is 9.89. The van der Waals surface area contributed by atoms with E-state index in [0.29, 0.717) is 23.7 Å². The Morgan fingerprint density at radius 2 is 1.89 bits per heavy atom. The third-order valence-electron chi connectivity index (χ3n) is 7.33. The molecule has 2 aliphatic heterocycles. The fourth-order valence-electron chi connectivity index (χ4n) is 5.17.